The monoisotopic (exact) mass is 575 g/mol. The molecule has 0 radical (unpaired) electrons. The number of halogens is 2. The maximum absolute atomic E-state index is 13.9. The van der Waals surface area contributed by atoms with Crippen molar-refractivity contribution in [1.29, 1.82) is 0 Å². The van der Waals surface area contributed by atoms with E-state index >= 15 is 0 Å². The summed E-state index contributed by atoms with van der Waals surface area (Å²) in [6, 6.07) is 18.9. The van der Waals surface area contributed by atoms with Crippen molar-refractivity contribution in [3.63, 3.8) is 0 Å². The van der Waals surface area contributed by atoms with Crippen molar-refractivity contribution in [2.75, 3.05) is 17.4 Å². The number of anilines is 1. The van der Waals surface area contributed by atoms with Crippen LogP contribution in [0, 0.1) is 6.92 Å². The maximum Gasteiger partial charge on any atom is 0.264 e. The SMILES string of the molecule is CCNC(=O)[C@H](CC)N(Cc1ccc(Cl)cc1)C(=O)CN(c1ccccc1Cl)S(=O)(=O)c1ccc(C)cc1. The molecule has 1 N–H and O–H groups in total. The second-order valence-electron chi connectivity index (χ2n) is 8.74. The molecule has 7 nitrogen and oxygen atoms in total. The van der Waals surface area contributed by atoms with Gasteiger partial charge < -0.3 is 10.2 Å². The Hall–Kier alpha value is -3.07. The summed E-state index contributed by atoms with van der Waals surface area (Å²) in [4.78, 5) is 28.3. The number of carbonyl (C=O) groups is 2. The van der Waals surface area contributed by atoms with Gasteiger partial charge in [0.25, 0.3) is 10.0 Å². The molecule has 202 valence electrons. The van der Waals surface area contributed by atoms with Crippen LogP contribution in [-0.2, 0) is 26.2 Å². The van der Waals surface area contributed by atoms with Gasteiger partial charge in [-0.15, -0.1) is 0 Å². The van der Waals surface area contributed by atoms with Gasteiger partial charge in [-0.25, -0.2) is 8.42 Å². The summed E-state index contributed by atoms with van der Waals surface area (Å²) in [6.45, 7) is 5.38. The van der Waals surface area contributed by atoms with Gasteiger partial charge in [0.05, 0.1) is 15.6 Å². The molecule has 0 aromatic heterocycles. The van der Waals surface area contributed by atoms with Crippen LogP contribution in [0.2, 0.25) is 10.0 Å². The lowest BCUT2D eigenvalue weighted by molar-refractivity contribution is -0.140. The second kappa shape index (κ2) is 13.1. The minimum absolute atomic E-state index is 0.0239. The molecular formula is C28H31Cl2N3O4S. The molecule has 2 amide bonds. The van der Waals surface area contributed by atoms with Crippen LogP contribution in [0.1, 0.15) is 31.4 Å². The third-order valence-electron chi connectivity index (χ3n) is 6.01. The minimum atomic E-state index is -4.18. The van der Waals surface area contributed by atoms with Gasteiger partial charge in [-0.3, -0.25) is 13.9 Å². The van der Waals surface area contributed by atoms with Crippen LogP contribution in [0.15, 0.2) is 77.7 Å². The highest BCUT2D eigenvalue weighted by molar-refractivity contribution is 7.92. The van der Waals surface area contributed by atoms with E-state index in [2.05, 4.69) is 5.32 Å². The van der Waals surface area contributed by atoms with Crippen molar-refractivity contribution in [2.45, 2.75) is 44.7 Å². The fourth-order valence-corrected chi connectivity index (χ4v) is 5.85. The lowest BCUT2D eigenvalue weighted by Gasteiger charge is -2.33. The summed E-state index contributed by atoms with van der Waals surface area (Å²) in [6.07, 6.45) is 0.335. The number of hydrogen-bond acceptors (Lipinski definition) is 4. The van der Waals surface area contributed by atoms with Gasteiger partial charge in [0.1, 0.15) is 12.6 Å². The normalized spacial score (nSPS) is 12.0. The van der Waals surface area contributed by atoms with E-state index in [1.54, 1.807) is 74.5 Å². The highest BCUT2D eigenvalue weighted by atomic mass is 35.5. The molecule has 3 aromatic carbocycles. The Labute approximate surface area is 234 Å². The van der Waals surface area contributed by atoms with Gasteiger partial charge in [-0.2, -0.15) is 0 Å². The van der Waals surface area contributed by atoms with Crippen LogP contribution in [0.3, 0.4) is 0 Å². The average molecular weight is 577 g/mol. The minimum Gasteiger partial charge on any atom is -0.355 e. The number of rotatable bonds is 11. The van der Waals surface area contributed by atoms with E-state index in [1.165, 1.54) is 17.0 Å². The Kier molecular flexibility index (Phi) is 10.2. The zero-order chi connectivity index (χ0) is 27.9. The van der Waals surface area contributed by atoms with E-state index in [1.807, 2.05) is 6.92 Å². The topological polar surface area (TPSA) is 86.8 Å². The van der Waals surface area contributed by atoms with Crippen molar-refractivity contribution in [1.82, 2.24) is 10.2 Å². The third-order valence-corrected chi connectivity index (χ3v) is 8.36. The maximum atomic E-state index is 13.9. The molecule has 1 atom stereocenters. The molecule has 0 spiro atoms. The molecule has 0 aliphatic carbocycles. The van der Waals surface area contributed by atoms with E-state index in [9.17, 15) is 18.0 Å². The molecule has 0 saturated heterocycles. The first-order valence-corrected chi connectivity index (χ1v) is 14.4. The Balaban J connectivity index is 2.06. The number of amides is 2. The molecule has 10 heteroatoms. The fourth-order valence-electron chi connectivity index (χ4n) is 4.00. The fraction of sp³-hybridized carbons (Fsp3) is 0.286. The van der Waals surface area contributed by atoms with Crippen LogP contribution in [-0.4, -0.2) is 44.3 Å². The first kappa shape index (κ1) is 29.5. The van der Waals surface area contributed by atoms with Crippen LogP contribution in [0.5, 0.6) is 0 Å². The number of carbonyl (C=O) groups excluding carboxylic acids is 2. The van der Waals surface area contributed by atoms with Crippen molar-refractivity contribution in [3.05, 3.63) is 94.0 Å². The van der Waals surface area contributed by atoms with Gasteiger partial charge in [-0.05, 0) is 62.2 Å². The number of aryl methyl sites for hydroxylation is 1. The highest BCUT2D eigenvalue weighted by Gasteiger charge is 2.34. The predicted octanol–water partition coefficient (Wildman–Crippen LogP) is 5.44. The van der Waals surface area contributed by atoms with Crippen LogP contribution < -0.4 is 9.62 Å². The summed E-state index contributed by atoms with van der Waals surface area (Å²) in [5, 5.41) is 3.49. The lowest BCUT2D eigenvalue weighted by Crippen LogP contribution is -2.52. The number of likely N-dealkylation sites (N-methyl/N-ethyl adjacent to an activating group) is 1. The first-order chi connectivity index (χ1) is 18.1. The van der Waals surface area contributed by atoms with Crippen molar-refractivity contribution in [3.8, 4) is 0 Å². The molecule has 0 aliphatic rings. The van der Waals surface area contributed by atoms with Gasteiger partial charge in [0.2, 0.25) is 11.8 Å². The smallest absolute Gasteiger partial charge is 0.264 e. The van der Waals surface area contributed by atoms with Gasteiger partial charge in [0.15, 0.2) is 0 Å². The highest BCUT2D eigenvalue weighted by Crippen LogP contribution is 2.31. The van der Waals surface area contributed by atoms with Crippen LogP contribution >= 0.6 is 23.2 Å². The van der Waals surface area contributed by atoms with Crippen molar-refractivity contribution < 1.29 is 18.0 Å². The van der Waals surface area contributed by atoms with E-state index in [0.29, 0.717) is 18.0 Å². The summed E-state index contributed by atoms with van der Waals surface area (Å²) in [5.41, 5.74) is 1.81. The molecular weight excluding hydrogens is 545 g/mol. The molecule has 0 fully saturated rings. The Morgan fingerprint density at radius 3 is 2.13 bits per heavy atom. The zero-order valence-electron chi connectivity index (χ0n) is 21.5. The Morgan fingerprint density at radius 1 is 0.921 bits per heavy atom. The van der Waals surface area contributed by atoms with E-state index in [-0.39, 0.29) is 28.1 Å². The molecule has 0 bridgehead atoms. The molecule has 0 aliphatic heterocycles. The lowest BCUT2D eigenvalue weighted by atomic mass is 10.1. The third kappa shape index (κ3) is 7.07. The number of sulfonamides is 1. The summed E-state index contributed by atoms with van der Waals surface area (Å²) >= 11 is 12.5. The zero-order valence-corrected chi connectivity index (χ0v) is 23.9. The number of hydrogen-bond donors (Lipinski definition) is 1. The number of nitrogens with one attached hydrogen (secondary N) is 1. The largest absolute Gasteiger partial charge is 0.355 e. The summed E-state index contributed by atoms with van der Waals surface area (Å²) in [5.74, 6) is -0.864. The molecule has 0 heterocycles. The summed E-state index contributed by atoms with van der Waals surface area (Å²) in [7, 11) is -4.18. The number of nitrogens with zero attached hydrogens (tertiary/aromatic N) is 2. The molecule has 38 heavy (non-hydrogen) atoms. The standard InChI is InChI=1S/C28H31Cl2N3O4S/c1-4-25(28(35)31-5-2)32(18-21-12-14-22(29)15-13-21)27(34)19-33(26-9-7-6-8-24(26)30)38(36,37)23-16-10-20(3)11-17-23/h6-17,25H,4-5,18-19H2,1-3H3,(H,31,35)/t25-/m0/s1. The van der Waals surface area contributed by atoms with E-state index < -0.39 is 28.5 Å². The Bertz CT molecular complexity index is 1360. The summed E-state index contributed by atoms with van der Waals surface area (Å²) < 4.78 is 28.7. The van der Waals surface area contributed by atoms with Gasteiger partial charge in [-0.1, -0.05) is 72.1 Å². The van der Waals surface area contributed by atoms with Gasteiger partial charge in [0, 0.05) is 18.1 Å². The quantitative estimate of drug-likeness (QED) is 0.330. The van der Waals surface area contributed by atoms with Crippen molar-refractivity contribution >= 4 is 50.7 Å². The first-order valence-electron chi connectivity index (χ1n) is 12.2. The average Bonchev–Trinajstić information content (AvgIpc) is 2.89. The van der Waals surface area contributed by atoms with Crippen LogP contribution in [0.25, 0.3) is 0 Å². The predicted molar refractivity (Wildman–Crippen MR) is 152 cm³/mol. The molecule has 3 aromatic rings. The molecule has 3 rings (SSSR count). The Morgan fingerprint density at radius 2 is 1.55 bits per heavy atom. The van der Waals surface area contributed by atoms with Gasteiger partial charge >= 0.3 is 0 Å². The number of para-hydroxylation sites is 1. The van der Waals surface area contributed by atoms with Crippen LogP contribution in [0.4, 0.5) is 5.69 Å². The second-order valence-corrected chi connectivity index (χ2v) is 11.4. The van der Waals surface area contributed by atoms with E-state index in [4.69, 9.17) is 23.2 Å². The van der Waals surface area contributed by atoms with E-state index in [0.717, 1.165) is 15.4 Å². The molecule has 0 unspecified atom stereocenters. The van der Waals surface area contributed by atoms with Crippen molar-refractivity contribution in [2.24, 2.45) is 0 Å². The number of benzene rings is 3. The molecule has 0 saturated carbocycles.